The number of unbranched alkanes of at least 4 members (excludes halogenated alkanes) is 1. The average Bonchev–Trinajstić information content (AvgIpc) is 2.30. The van der Waals surface area contributed by atoms with Crippen LogP contribution in [0, 0.1) is 5.41 Å². The van der Waals surface area contributed by atoms with Crippen LogP contribution in [0.25, 0.3) is 0 Å². The topological polar surface area (TPSA) is 65.0 Å². The Labute approximate surface area is 128 Å². The molecule has 0 aliphatic carbocycles. The van der Waals surface area contributed by atoms with E-state index < -0.39 is 17.2 Å². The molecule has 0 aromatic carbocycles. The van der Waals surface area contributed by atoms with E-state index in [1.54, 1.807) is 6.92 Å². The fourth-order valence-corrected chi connectivity index (χ4v) is 2.51. The van der Waals surface area contributed by atoms with Gasteiger partial charge in [0.05, 0.1) is 0 Å². The monoisotopic (exact) mass is 304 g/mol. The first-order valence-corrected chi connectivity index (χ1v) is 7.75. The van der Waals surface area contributed by atoms with E-state index in [0.717, 1.165) is 19.3 Å². The minimum Gasteiger partial charge on any atom is -0.479 e. The molecular formula is C16H32O5. The fraction of sp³-hybridized carbons (Fsp3) is 0.938. The van der Waals surface area contributed by atoms with E-state index in [4.69, 9.17) is 14.8 Å². The lowest BCUT2D eigenvalue weighted by molar-refractivity contribution is -0.564. The molecule has 126 valence electrons. The first-order valence-electron chi connectivity index (χ1n) is 7.75. The van der Waals surface area contributed by atoms with Gasteiger partial charge >= 0.3 is 5.97 Å². The van der Waals surface area contributed by atoms with Crippen LogP contribution in [-0.2, 0) is 19.6 Å². The predicted octanol–water partition coefficient (Wildman–Crippen LogP) is 4.50. The second-order valence-electron chi connectivity index (χ2n) is 7.49. The molecule has 5 heteroatoms. The number of carbonyl (C=O) groups is 1. The molecule has 21 heavy (non-hydrogen) atoms. The van der Waals surface area contributed by atoms with E-state index in [-0.39, 0.29) is 5.41 Å². The van der Waals surface area contributed by atoms with E-state index >= 15 is 0 Å². The lowest BCUT2D eigenvalue weighted by atomic mass is 9.84. The van der Waals surface area contributed by atoms with Gasteiger partial charge in [-0.25, -0.2) is 9.68 Å². The zero-order valence-electron chi connectivity index (χ0n) is 14.6. The van der Waals surface area contributed by atoms with Crippen molar-refractivity contribution in [2.75, 3.05) is 0 Å². The third-order valence-corrected chi connectivity index (χ3v) is 3.30. The van der Waals surface area contributed by atoms with Crippen molar-refractivity contribution in [3.8, 4) is 0 Å². The molecule has 0 amide bonds. The highest BCUT2D eigenvalue weighted by Crippen LogP contribution is 2.31. The van der Waals surface area contributed by atoms with Crippen LogP contribution in [0.2, 0.25) is 0 Å². The Kier molecular flexibility index (Phi) is 7.86. The highest BCUT2D eigenvalue weighted by molar-refractivity contribution is 5.77. The third-order valence-electron chi connectivity index (χ3n) is 3.30. The molecule has 1 atom stereocenters. The minimum atomic E-state index is -1.34. The van der Waals surface area contributed by atoms with Gasteiger partial charge < -0.3 is 5.11 Å². The van der Waals surface area contributed by atoms with E-state index in [1.165, 1.54) is 0 Å². The Bertz CT molecular complexity index is 319. The molecule has 0 spiro atoms. The van der Waals surface area contributed by atoms with Gasteiger partial charge in [0.15, 0.2) is 0 Å². The van der Waals surface area contributed by atoms with Gasteiger partial charge in [0.1, 0.15) is 5.60 Å². The van der Waals surface area contributed by atoms with Gasteiger partial charge in [-0.2, -0.15) is 4.89 Å². The van der Waals surface area contributed by atoms with E-state index in [0.29, 0.717) is 12.8 Å². The van der Waals surface area contributed by atoms with Crippen molar-refractivity contribution in [1.29, 1.82) is 0 Å². The maximum atomic E-state index is 11.5. The van der Waals surface area contributed by atoms with Crippen LogP contribution in [0.15, 0.2) is 0 Å². The molecule has 5 nitrogen and oxygen atoms in total. The zero-order chi connectivity index (χ0) is 16.7. The first kappa shape index (κ1) is 20.3. The van der Waals surface area contributed by atoms with Crippen molar-refractivity contribution in [2.45, 2.75) is 91.8 Å². The molecule has 0 aliphatic heterocycles. The maximum Gasteiger partial charge on any atom is 0.339 e. The summed E-state index contributed by atoms with van der Waals surface area (Å²) in [6.45, 7) is 13.9. The molecule has 0 aromatic heterocycles. The fourth-order valence-electron chi connectivity index (χ4n) is 2.51. The third kappa shape index (κ3) is 7.79. The van der Waals surface area contributed by atoms with Gasteiger partial charge in [-0.05, 0) is 38.5 Å². The molecule has 0 fully saturated rings. The second kappa shape index (κ2) is 8.11. The van der Waals surface area contributed by atoms with Gasteiger partial charge in [-0.3, -0.25) is 0 Å². The summed E-state index contributed by atoms with van der Waals surface area (Å²) in [4.78, 5) is 22.0. The van der Waals surface area contributed by atoms with Crippen LogP contribution >= 0.6 is 0 Å². The maximum absolute atomic E-state index is 11.5. The SMILES string of the molecule is CCCCC(CC)(OOOC(C)(C)CC(C)(C)C)C(=O)O. The Morgan fingerprint density at radius 2 is 1.62 bits per heavy atom. The van der Waals surface area contributed by atoms with Crippen LogP contribution < -0.4 is 0 Å². The van der Waals surface area contributed by atoms with E-state index in [9.17, 15) is 9.90 Å². The van der Waals surface area contributed by atoms with Gasteiger partial charge in [0, 0.05) is 0 Å². The summed E-state index contributed by atoms with van der Waals surface area (Å²) in [6.07, 6.45) is 3.14. The molecule has 0 bridgehead atoms. The lowest BCUT2D eigenvalue weighted by Gasteiger charge is -2.32. The Balaban J connectivity index is 4.59. The largest absolute Gasteiger partial charge is 0.479 e. The smallest absolute Gasteiger partial charge is 0.339 e. The van der Waals surface area contributed by atoms with Crippen LogP contribution in [0.4, 0.5) is 0 Å². The Hall–Kier alpha value is -0.650. The summed E-state index contributed by atoms with van der Waals surface area (Å²) in [5, 5.41) is 14.3. The summed E-state index contributed by atoms with van der Waals surface area (Å²) in [6, 6.07) is 0. The van der Waals surface area contributed by atoms with Gasteiger partial charge in [-0.1, -0.05) is 52.5 Å². The lowest BCUT2D eigenvalue weighted by Crippen LogP contribution is -2.42. The van der Waals surface area contributed by atoms with Crippen molar-refractivity contribution in [2.24, 2.45) is 5.41 Å². The van der Waals surface area contributed by atoms with Crippen molar-refractivity contribution >= 4 is 5.97 Å². The van der Waals surface area contributed by atoms with Gasteiger partial charge in [0.25, 0.3) is 0 Å². The quantitative estimate of drug-likeness (QED) is 0.475. The van der Waals surface area contributed by atoms with Gasteiger partial charge in [-0.15, -0.1) is 0 Å². The van der Waals surface area contributed by atoms with E-state index in [1.807, 2.05) is 20.8 Å². The Morgan fingerprint density at radius 3 is 2.00 bits per heavy atom. The molecule has 0 saturated heterocycles. The molecule has 0 rings (SSSR count). The molecule has 0 radical (unpaired) electrons. The van der Waals surface area contributed by atoms with E-state index in [2.05, 4.69) is 20.8 Å². The van der Waals surface area contributed by atoms with Crippen molar-refractivity contribution in [3.63, 3.8) is 0 Å². The average molecular weight is 304 g/mol. The molecule has 1 N–H and O–H groups in total. The molecule has 0 aromatic rings. The molecule has 0 saturated carbocycles. The molecular weight excluding hydrogens is 272 g/mol. The highest BCUT2D eigenvalue weighted by Gasteiger charge is 2.40. The minimum absolute atomic E-state index is 0.0731. The number of hydrogen-bond donors (Lipinski definition) is 1. The predicted molar refractivity (Wildman–Crippen MR) is 81.6 cm³/mol. The highest BCUT2D eigenvalue weighted by atomic mass is 17.5. The summed E-state index contributed by atoms with van der Waals surface area (Å²) in [5.41, 5.74) is -1.82. The normalized spacial score (nSPS) is 15.8. The summed E-state index contributed by atoms with van der Waals surface area (Å²) >= 11 is 0. The summed E-state index contributed by atoms with van der Waals surface area (Å²) < 4.78 is 0. The molecule has 1 unspecified atom stereocenters. The van der Waals surface area contributed by atoms with Crippen LogP contribution in [0.1, 0.15) is 80.6 Å². The van der Waals surface area contributed by atoms with Crippen LogP contribution in [0.5, 0.6) is 0 Å². The van der Waals surface area contributed by atoms with Crippen LogP contribution in [0.3, 0.4) is 0 Å². The summed E-state index contributed by atoms with van der Waals surface area (Å²) in [5.74, 6) is -1.02. The zero-order valence-corrected chi connectivity index (χ0v) is 14.6. The van der Waals surface area contributed by atoms with Crippen molar-refractivity contribution < 1.29 is 24.7 Å². The number of rotatable bonds is 10. The Morgan fingerprint density at radius 1 is 1.05 bits per heavy atom. The van der Waals surface area contributed by atoms with Crippen LogP contribution in [-0.4, -0.2) is 22.3 Å². The second-order valence-corrected chi connectivity index (χ2v) is 7.49. The standard InChI is InChI=1S/C16H32O5/c1-8-10-11-16(9-2,13(17)18)20-21-19-15(6,7)12-14(3,4)5/h8-12H2,1-7H3,(H,17,18). The van der Waals surface area contributed by atoms with Gasteiger partial charge in [0.2, 0.25) is 5.60 Å². The van der Waals surface area contributed by atoms with Crippen molar-refractivity contribution in [3.05, 3.63) is 0 Å². The summed E-state index contributed by atoms with van der Waals surface area (Å²) in [7, 11) is 0. The molecule has 0 heterocycles. The number of hydrogen-bond acceptors (Lipinski definition) is 4. The number of carboxylic acid groups (broad SMARTS) is 1. The van der Waals surface area contributed by atoms with Crippen molar-refractivity contribution in [1.82, 2.24) is 0 Å². The molecule has 0 aliphatic rings. The number of carboxylic acids is 1. The number of aliphatic carboxylic acids is 1. The first-order chi connectivity index (χ1) is 9.48.